The molecule has 1 heterocycles. The van der Waals surface area contributed by atoms with E-state index in [0.29, 0.717) is 5.39 Å². The molecule has 0 aliphatic carbocycles. The number of hydrogen-bond acceptors (Lipinski definition) is 6. The third-order valence-electron chi connectivity index (χ3n) is 4.43. The number of aromatic nitrogens is 1. The first-order valence-electron chi connectivity index (χ1n) is 9.89. The summed E-state index contributed by atoms with van der Waals surface area (Å²) in [7, 11) is 0. The third-order valence-corrected chi connectivity index (χ3v) is 4.43. The number of carbonyl (C=O) groups is 2. The SMILES string of the molecule is CCOC(=O)/C=C(\Oc1ccc2cc(C)n(-c3ccccc3)c(=O)c2c1)C(=O)OCC. The lowest BCUT2D eigenvalue weighted by Crippen LogP contribution is -2.20. The van der Waals surface area contributed by atoms with Crippen LogP contribution in [0.1, 0.15) is 19.5 Å². The average molecular weight is 421 g/mol. The number of pyridine rings is 1. The zero-order valence-corrected chi connectivity index (χ0v) is 17.6. The maximum atomic E-state index is 13.2. The minimum absolute atomic E-state index is 0.112. The average Bonchev–Trinajstić information content (AvgIpc) is 2.75. The highest BCUT2D eigenvalue weighted by Crippen LogP contribution is 2.23. The van der Waals surface area contributed by atoms with Crippen molar-refractivity contribution in [1.82, 2.24) is 4.57 Å². The summed E-state index contributed by atoms with van der Waals surface area (Å²) in [5.74, 6) is -1.64. The molecule has 3 aromatic rings. The van der Waals surface area contributed by atoms with Crippen molar-refractivity contribution in [3.8, 4) is 11.4 Å². The number of fused-ring (bicyclic) bond motifs is 1. The number of carbonyl (C=O) groups excluding carboxylic acids is 2. The van der Waals surface area contributed by atoms with E-state index in [2.05, 4.69) is 0 Å². The van der Waals surface area contributed by atoms with Crippen LogP contribution in [0.15, 0.2) is 71.2 Å². The molecule has 1 aromatic heterocycles. The summed E-state index contributed by atoms with van der Waals surface area (Å²) in [6.07, 6.45) is 0.934. The molecule has 3 rings (SSSR count). The number of ether oxygens (including phenoxy) is 3. The molecule has 2 aromatic carbocycles. The lowest BCUT2D eigenvalue weighted by Gasteiger charge is -2.13. The second-order valence-electron chi connectivity index (χ2n) is 6.59. The van der Waals surface area contributed by atoms with E-state index < -0.39 is 11.9 Å². The highest BCUT2D eigenvalue weighted by atomic mass is 16.6. The van der Waals surface area contributed by atoms with Crippen LogP contribution in [0, 0.1) is 6.92 Å². The van der Waals surface area contributed by atoms with Crippen molar-refractivity contribution in [2.24, 2.45) is 0 Å². The Kier molecular flexibility index (Phi) is 6.87. The standard InChI is InChI=1S/C24H23NO6/c1-4-29-22(26)15-21(24(28)30-5-2)31-19-12-11-17-13-16(3)25(23(27)20(17)14-19)18-9-7-6-8-10-18/h6-15H,4-5H2,1-3H3/b21-15-. The number of hydrogen-bond donors (Lipinski definition) is 0. The molecule has 0 atom stereocenters. The van der Waals surface area contributed by atoms with Crippen LogP contribution >= 0.6 is 0 Å². The van der Waals surface area contributed by atoms with Gasteiger partial charge in [0.2, 0.25) is 5.76 Å². The molecule has 0 radical (unpaired) electrons. The van der Waals surface area contributed by atoms with E-state index in [4.69, 9.17) is 14.2 Å². The molecule has 7 heteroatoms. The predicted octanol–water partition coefficient (Wildman–Crippen LogP) is 3.69. The number of benzene rings is 2. The molecule has 0 aliphatic rings. The van der Waals surface area contributed by atoms with Crippen LogP contribution in [-0.2, 0) is 19.1 Å². The van der Waals surface area contributed by atoms with E-state index in [1.165, 1.54) is 6.07 Å². The van der Waals surface area contributed by atoms with Crippen LogP contribution in [0.3, 0.4) is 0 Å². The van der Waals surface area contributed by atoms with Gasteiger partial charge in [0.15, 0.2) is 0 Å². The largest absolute Gasteiger partial charge is 0.463 e. The Hall–Kier alpha value is -3.87. The van der Waals surface area contributed by atoms with Gasteiger partial charge < -0.3 is 14.2 Å². The first-order valence-corrected chi connectivity index (χ1v) is 9.89. The molecule has 0 bridgehead atoms. The second kappa shape index (κ2) is 9.75. The molecule has 160 valence electrons. The third kappa shape index (κ3) is 5.01. The van der Waals surface area contributed by atoms with Gasteiger partial charge in [-0.2, -0.15) is 0 Å². The molecule has 0 spiro atoms. The van der Waals surface area contributed by atoms with Gasteiger partial charge in [0.25, 0.3) is 5.56 Å². The molecule has 0 fully saturated rings. The summed E-state index contributed by atoms with van der Waals surface area (Å²) >= 11 is 0. The summed E-state index contributed by atoms with van der Waals surface area (Å²) in [5, 5.41) is 1.14. The molecule has 0 aliphatic heterocycles. The zero-order valence-electron chi connectivity index (χ0n) is 17.6. The summed E-state index contributed by atoms with van der Waals surface area (Å²) in [5.41, 5.74) is 1.30. The molecule has 0 saturated carbocycles. The molecular formula is C24H23NO6. The van der Waals surface area contributed by atoms with E-state index in [9.17, 15) is 14.4 Å². The van der Waals surface area contributed by atoms with Gasteiger partial charge >= 0.3 is 11.9 Å². The van der Waals surface area contributed by atoms with Crippen LogP contribution in [0.25, 0.3) is 16.5 Å². The summed E-state index contributed by atoms with van der Waals surface area (Å²) in [6, 6.07) is 16.1. The van der Waals surface area contributed by atoms with Gasteiger partial charge in [-0.1, -0.05) is 24.3 Å². The Morgan fingerprint density at radius 3 is 2.35 bits per heavy atom. The fourth-order valence-corrected chi connectivity index (χ4v) is 3.13. The zero-order chi connectivity index (χ0) is 22.4. The van der Waals surface area contributed by atoms with Crippen LogP contribution in [0.2, 0.25) is 0 Å². The smallest absolute Gasteiger partial charge is 0.374 e. The monoisotopic (exact) mass is 421 g/mol. The van der Waals surface area contributed by atoms with E-state index >= 15 is 0 Å². The maximum Gasteiger partial charge on any atom is 0.374 e. The number of aryl methyl sites for hydroxylation is 1. The van der Waals surface area contributed by atoms with Crippen LogP contribution in [-0.4, -0.2) is 29.7 Å². The Labute approximate surface area is 179 Å². The van der Waals surface area contributed by atoms with E-state index in [0.717, 1.165) is 22.8 Å². The highest BCUT2D eigenvalue weighted by molar-refractivity contribution is 5.95. The Morgan fingerprint density at radius 1 is 0.968 bits per heavy atom. The fourth-order valence-electron chi connectivity index (χ4n) is 3.13. The van der Waals surface area contributed by atoms with Gasteiger partial charge in [0, 0.05) is 11.4 Å². The van der Waals surface area contributed by atoms with E-state index in [-0.39, 0.29) is 30.3 Å². The van der Waals surface area contributed by atoms with Crippen molar-refractivity contribution in [2.45, 2.75) is 20.8 Å². The van der Waals surface area contributed by atoms with Gasteiger partial charge in [0.05, 0.1) is 24.7 Å². The van der Waals surface area contributed by atoms with Gasteiger partial charge in [0.1, 0.15) is 5.75 Å². The molecular weight excluding hydrogens is 398 g/mol. The van der Waals surface area contributed by atoms with Crippen molar-refractivity contribution in [3.05, 3.63) is 82.5 Å². The van der Waals surface area contributed by atoms with Crippen molar-refractivity contribution < 1.29 is 23.8 Å². The minimum Gasteiger partial charge on any atom is -0.463 e. The lowest BCUT2D eigenvalue weighted by molar-refractivity contribution is -0.143. The number of rotatable bonds is 7. The molecule has 31 heavy (non-hydrogen) atoms. The van der Waals surface area contributed by atoms with E-state index in [1.54, 1.807) is 30.5 Å². The fraction of sp³-hybridized carbons (Fsp3) is 0.208. The maximum absolute atomic E-state index is 13.2. The van der Waals surface area contributed by atoms with Crippen molar-refractivity contribution >= 4 is 22.7 Å². The van der Waals surface area contributed by atoms with Crippen LogP contribution in [0.4, 0.5) is 0 Å². The minimum atomic E-state index is -0.804. The second-order valence-corrected chi connectivity index (χ2v) is 6.59. The number of nitrogens with zero attached hydrogens (tertiary/aromatic N) is 1. The predicted molar refractivity (Wildman–Crippen MR) is 116 cm³/mol. The quantitative estimate of drug-likeness (QED) is 0.329. The summed E-state index contributed by atoms with van der Waals surface area (Å²) < 4.78 is 17.0. The molecule has 0 unspecified atom stereocenters. The first-order chi connectivity index (χ1) is 14.9. The van der Waals surface area contributed by atoms with Crippen LogP contribution < -0.4 is 10.3 Å². The molecule has 0 amide bonds. The molecule has 0 saturated heterocycles. The van der Waals surface area contributed by atoms with Gasteiger partial charge in [-0.25, -0.2) is 9.59 Å². The van der Waals surface area contributed by atoms with Gasteiger partial charge in [-0.05, 0) is 56.5 Å². The Bertz CT molecular complexity index is 1190. The van der Waals surface area contributed by atoms with Crippen molar-refractivity contribution in [2.75, 3.05) is 13.2 Å². The van der Waals surface area contributed by atoms with Crippen molar-refractivity contribution in [3.63, 3.8) is 0 Å². The first kappa shape index (κ1) is 21.8. The van der Waals surface area contributed by atoms with Crippen LogP contribution in [0.5, 0.6) is 5.75 Å². The molecule has 7 nitrogen and oxygen atoms in total. The molecule has 0 N–H and O–H groups in total. The Balaban J connectivity index is 2.05. The van der Waals surface area contributed by atoms with E-state index in [1.807, 2.05) is 43.3 Å². The number of para-hydroxylation sites is 1. The summed E-state index contributed by atoms with van der Waals surface area (Å²) in [4.78, 5) is 37.2. The van der Waals surface area contributed by atoms with Gasteiger partial charge in [-0.3, -0.25) is 9.36 Å². The Morgan fingerprint density at radius 2 is 1.68 bits per heavy atom. The lowest BCUT2D eigenvalue weighted by atomic mass is 10.1. The van der Waals surface area contributed by atoms with Gasteiger partial charge in [-0.15, -0.1) is 0 Å². The highest BCUT2D eigenvalue weighted by Gasteiger charge is 2.17. The normalized spacial score (nSPS) is 11.3. The summed E-state index contributed by atoms with van der Waals surface area (Å²) in [6.45, 7) is 5.42. The number of esters is 2. The topological polar surface area (TPSA) is 83.8 Å². The van der Waals surface area contributed by atoms with Crippen molar-refractivity contribution in [1.29, 1.82) is 0 Å².